The number of carbonyl (C=O) groups excluding carboxylic acids is 2. The highest BCUT2D eigenvalue weighted by atomic mass is 32.1. The first kappa shape index (κ1) is 24.7. The lowest BCUT2D eigenvalue weighted by molar-refractivity contribution is -0.128. The average Bonchev–Trinajstić information content (AvgIpc) is 3.32. The highest BCUT2D eigenvalue weighted by Crippen LogP contribution is 2.31. The Kier molecular flexibility index (Phi) is 8.02. The Morgan fingerprint density at radius 3 is 2.77 bits per heavy atom. The first-order valence-corrected chi connectivity index (χ1v) is 12.0. The van der Waals surface area contributed by atoms with Crippen LogP contribution in [-0.4, -0.2) is 61.6 Å². The summed E-state index contributed by atoms with van der Waals surface area (Å²) >= 11 is 5.35. The first-order chi connectivity index (χ1) is 17.0. The van der Waals surface area contributed by atoms with Gasteiger partial charge < -0.3 is 24.3 Å². The van der Waals surface area contributed by atoms with Gasteiger partial charge in [-0.2, -0.15) is 0 Å². The van der Waals surface area contributed by atoms with Crippen molar-refractivity contribution in [3.63, 3.8) is 0 Å². The van der Waals surface area contributed by atoms with Crippen LogP contribution in [0.4, 0.5) is 0 Å². The number of aliphatic imine (C=N–C) groups is 1. The third-order valence-corrected chi connectivity index (χ3v) is 6.36. The molecule has 1 saturated heterocycles. The van der Waals surface area contributed by atoms with Gasteiger partial charge in [0.15, 0.2) is 23.0 Å². The number of thiocarbonyl (C=S) groups is 1. The summed E-state index contributed by atoms with van der Waals surface area (Å²) < 4.78 is 21.3. The normalized spacial score (nSPS) is 18.4. The molecule has 2 heterocycles. The number of hydrogen-bond donors (Lipinski definition) is 1. The second kappa shape index (κ2) is 11.4. The van der Waals surface area contributed by atoms with Crippen molar-refractivity contribution in [2.75, 3.05) is 34.1 Å². The predicted octanol–water partition coefficient (Wildman–Crippen LogP) is 2.89. The standard InChI is InChI=1S/C25H29N3O6S/c1-31-19-8-7-16(12-20(19)32-2)9-10-26-23(29)6-4-3-5-11-28-24(30)17-13-21-22(34-15-33-21)14-18(17)27-25(28)35/h7-8,12-14,17H,3-6,9-11,15H2,1-2H3,(H,26,29). The van der Waals surface area contributed by atoms with Gasteiger partial charge in [-0.25, -0.2) is 4.99 Å². The van der Waals surface area contributed by atoms with E-state index < -0.39 is 5.92 Å². The van der Waals surface area contributed by atoms with Crippen molar-refractivity contribution in [2.45, 2.75) is 32.1 Å². The summed E-state index contributed by atoms with van der Waals surface area (Å²) in [6, 6.07) is 5.73. The number of nitrogens with zero attached hydrogens (tertiary/aromatic N) is 2. The van der Waals surface area contributed by atoms with E-state index in [0.29, 0.717) is 54.7 Å². The zero-order valence-corrected chi connectivity index (χ0v) is 20.7. The molecule has 1 N–H and O–H groups in total. The molecule has 9 nitrogen and oxygen atoms in total. The van der Waals surface area contributed by atoms with Crippen LogP contribution in [0.15, 0.2) is 46.9 Å². The fraction of sp³-hybridized carbons (Fsp3) is 0.440. The average molecular weight is 500 g/mol. The lowest BCUT2D eigenvalue weighted by atomic mass is 9.93. The fourth-order valence-corrected chi connectivity index (χ4v) is 4.43. The van der Waals surface area contributed by atoms with Crippen LogP contribution in [0.1, 0.15) is 31.2 Å². The molecule has 2 amide bonds. The Morgan fingerprint density at radius 1 is 1.17 bits per heavy atom. The van der Waals surface area contributed by atoms with Crippen LogP contribution in [0.5, 0.6) is 11.5 Å². The van der Waals surface area contributed by atoms with Crippen LogP contribution >= 0.6 is 12.2 Å². The number of amides is 2. The minimum atomic E-state index is -0.501. The zero-order valence-electron chi connectivity index (χ0n) is 19.9. The van der Waals surface area contributed by atoms with E-state index in [1.165, 1.54) is 0 Å². The molecule has 1 aliphatic carbocycles. The highest BCUT2D eigenvalue weighted by molar-refractivity contribution is 7.80. The van der Waals surface area contributed by atoms with E-state index in [1.54, 1.807) is 31.3 Å². The monoisotopic (exact) mass is 499 g/mol. The quantitative estimate of drug-likeness (QED) is 0.369. The molecule has 10 heteroatoms. The maximum absolute atomic E-state index is 13.0. The third kappa shape index (κ3) is 5.82. The first-order valence-electron chi connectivity index (χ1n) is 11.6. The third-order valence-electron chi connectivity index (χ3n) is 6.04. The molecule has 1 fully saturated rings. The van der Waals surface area contributed by atoms with E-state index in [-0.39, 0.29) is 23.7 Å². The van der Waals surface area contributed by atoms with Crippen LogP contribution in [0.25, 0.3) is 0 Å². The number of allylic oxidation sites excluding steroid dienone is 1. The number of ether oxygens (including phenoxy) is 4. The molecule has 4 rings (SSSR count). The fourth-order valence-electron chi connectivity index (χ4n) is 4.14. The lowest BCUT2D eigenvalue weighted by Crippen LogP contribution is -2.46. The molecule has 1 aromatic carbocycles. The number of unbranched alkanes of at least 4 members (excludes halogenated alkanes) is 2. The number of carbonyl (C=O) groups is 2. The molecule has 35 heavy (non-hydrogen) atoms. The topological polar surface area (TPSA) is 98.7 Å². The largest absolute Gasteiger partial charge is 0.493 e. The van der Waals surface area contributed by atoms with E-state index in [1.807, 2.05) is 18.2 Å². The number of methoxy groups -OCH3 is 2. The molecular weight excluding hydrogens is 470 g/mol. The van der Waals surface area contributed by atoms with Crippen molar-refractivity contribution in [1.29, 1.82) is 0 Å². The van der Waals surface area contributed by atoms with Gasteiger partial charge in [0.2, 0.25) is 23.7 Å². The number of fused-ring (bicyclic) bond motifs is 2. The minimum absolute atomic E-state index is 0.0134. The van der Waals surface area contributed by atoms with Gasteiger partial charge in [-0.3, -0.25) is 14.5 Å². The Balaban J connectivity index is 1.15. The van der Waals surface area contributed by atoms with Gasteiger partial charge >= 0.3 is 0 Å². The van der Waals surface area contributed by atoms with Gasteiger partial charge in [-0.15, -0.1) is 0 Å². The second-order valence-corrected chi connectivity index (χ2v) is 8.70. The maximum atomic E-state index is 13.0. The van der Waals surface area contributed by atoms with Gasteiger partial charge in [0.1, 0.15) is 5.92 Å². The van der Waals surface area contributed by atoms with Crippen molar-refractivity contribution in [3.8, 4) is 11.5 Å². The maximum Gasteiger partial charge on any atom is 0.241 e. The molecule has 1 unspecified atom stereocenters. The van der Waals surface area contributed by atoms with E-state index >= 15 is 0 Å². The number of nitrogens with one attached hydrogen (secondary N) is 1. The molecular formula is C25H29N3O6S. The molecule has 0 aromatic heterocycles. The Hall–Kier alpha value is -3.40. The van der Waals surface area contributed by atoms with Crippen LogP contribution in [0.2, 0.25) is 0 Å². The Labute approximate surface area is 209 Å². The number of hydrogen-bond acceptors (Lipinski definition) is 7. The summed E-state index contributed by atoms with van der Waals surface area (Å²) in [7, 11) is 3.20. The van der Waals surface area contributed by atoms with Gasteiger partial charge in [-0.05, 0) is 55.3 Å². The van der Waals surface area contributed by atoms with E-state index in [0.717, 1.165) is 24.8 Å². The molecule has 0 spiro atoms. The summed E-state index contributed by atoms with van der Waals surface area (Å²) in [6.07, 6.45) is 6.87. The second-order valence-electron chi connectivity index (χ2n) is 8.33. The van der Waals surface area contributed by atoms with Gasteiger partial charge in [-0.1, -0.05) is 12.5 Å². The Bertz CT molecular complexity index is 1100. The van der Waals surface area contributed by atoms with Crippen molar-refractivity contribution in [1.82, 2.24) is 10.2 Å². The molecule has 3 aliphatic rings. The number of rotatable bonds is 11. The summed E-state index contributed by atoms with van der Waals surface area (Å²) in [4.78, 5) is 31.1. The van der Waals surface area contributed by atoms with E-state index in [9.17, 15) is 9.59 Å². The molecule has 0 radical (unpaired) electrons. The Morgan fingerprint density at radius 2 is 1.97 bits per heavy atom. The lowest BCUT2D eigenvalue weighted by Gasteiger charge is -2.30. The molecule has 1 atom stereocenters. The SMILES string of the molecule is COc1ccc(CCNC(=O)CCCCCN2C(=O)C3C=C4OCOC4=CC3=NC2=S)cc1OC. The van der Waals surface area contributed by atoms with Crippen molar-refractivity contribution in [2.24, 2.45) is 10.9 Å². The summed E-state index contributed by atoms with van der Waals surface area (Å²) in [6.45, 7) is 1.17. The van der Waals surface area contributed by atoms with Gasteiger partial charge in [0.25, 0.3) is 0 Å². The van der Waals surface area contributed by atoms with Gasteiger partial charge in [0, 0.05) is 25.6 Å². The minimum Gasteiger partial charge on any atom is -0.493 e. The highest BCUT2D eigenvalue weighted by Gasteiger charge is 2.38. The van der Waals surface area contributed by atoms with Crippen molar-refractivity contribution in [3.05, 3.63) is 47.4 Å². The van der Waals surface area contributed by atoms with Gasteiger partial charge in [0.05, 0.1) is 19.9 Å². The van der Waals surface area contributed by atoms with E-state index in [4.69, 9.17) is 31.2 Å². The van der Waals surface area contributed by atoms with Crippen LogP contribution in [0, 0.1) is 5.92 Å². The summed E-state index contributed by atoms with van der Waals surface area (Å²) in [5, 5.41) is 3.22. The predicted molar refractivity (Wildman–Crippen MR) is 133 cm³/mol. The van der Waals surface area contributed by atoms with E-state index in [2.05, 4.69) is 10.3 Å². The zero-order chi connectivity index (χ0) is 24.8. The molecule has 0 saturated carbocycles. The molecule has 1 aromatic rings. The molecule has 186 valence electrons. The number of benzene rings is 1. The summed E-state index contributed by atoms with van der Waals surface area (Å²) in [5.41, 5.74) is 1.65. The van der Waals surface area contributed by atoms with Crippen LogP contribution in [-0.2, 0) is 25.5 Å². The van der Waals surface area contributed by atoms with Crippen molar-refractivity contribution < 1.29 is 28.5 Å². The van der Waals surface area contributed by atoms with Crippen LogP contribution < -0.4 is 14.8 Å². The van der Waals surface area contributed by atoms with Crippen LogP contribution in [0.3, 0.4) is 0 Å². The molecule has 2 aliphatic heterocycles. The smallest absolute Gasteiger partial charge is 0.241 e. The summed E-state index contributed by atoms with van der Waals surface area (Å²) in [5.74, 6) is 1.92. The molecule has 0 bridgehead atoms. The van der Waals surface area contributed by atoms with Crippen molar-refractivity contribution >= 4 is 34.9 Å².